The zero-order valence-electron chi connectivity index (χ0n) is 7.54. The molecule has 3 nitrogen and oxygen atoms in total. The molecule has 2 atom stereocenters. The smallest absolute Gasteiger partial charge is 0.0510 e. The summed E-state index contributed by atoms with van der Waals surface area (Å²) in [7, 11) is 0. The van der Waals surface area contributed by atoms with Crippen LogP contribution in [0.15, 0.2) is 0 Å². The summed E-state index contributed by atoms with van der Waals surface area (Å²) in [6, 6.07) is 0.341. The van der Waals surface area contributed by atoms with Crippen LogP contribution < -0.4 is 5.73 Å². The second-order valence-corrected chi connectivity index (χ2v) is 3.94. The van der Waals surface area contributed by atoms with E-state index in [1.807, 2.05) is 0 Å². The fourth-order valence-electron chi connectivity index (χ4n) is 1.90. The minimum Gasteiger partial charge on any atom is -0.381 e. The van der Waals surface area contributed by atoms with Crippen LogP contribution in [0.5, 0.6) is 0 Å². The Hall–Kier alpha value is -0.120. The van der Waals surface area contributed by atoms with E-state index in [-0.39, 0.29) is 0 Å². The van der Waals surface area contributed by atoms with Crippen molar-refractivity contribution < 1.29 is 4.74 Å². The average Bonchev–Trinajstić information content (AvgIpc) is 2.47. The fourth-order valence-corrected chi connectivity index (χ4v) is 1.90. The van der Waals surface area contributed by atoms with Crippen molar-refractivity contribution >= 4 is 0 Å². The predicted octanol–water partition coefficient (Wildman–Crippen LogP) is 0.0559. The quantitative estimate of drug-likeness (QED) is 0.650. The molecule has 2 aliphatic heterocycles. The summed E-state index contributed by atoms with van der Waals surface area (Å²) in [5.74, 6) is 0.616. The topological polar surface area (TPSA) is 38.5 Å². The van der Waals surface area contributed by atoms with Gasteiger partial charge in [0.25, 0.3) is 0 Å². The van der Waals surface area contributed by atoms with Crippen LogP contribution in [-0.4, -0.2) is 43.8 Å². The van der Waals surface area contributed by atoms with E-state index in [4.69, 9.17) is 10.5 Å². The van der Waals surface area contributed by atoms with Gasteiger partial charge in [0.15, 0.2) is 0 Å². The highest BCUT2D eigenvalue weighted by atomic mass is 16.5. The van der Waals surface area contributed by atoms with Crippen LogP contribution in [0.2, 0.25) is 0 Å². The Balaban J connectivity index is 1.71. The van der Waals surface area contributed by atoms with E-state index in [9.17, 15) is 0 Å². The molecule has 0 bridgehead atoms. The molecule has 3 heteroatoms. The van der Waals surface area contributed by atoms with Crippen molar-refractivity contribution in [3.05, 3.63) is 0 Å². The standard InChI is InChI=1S/C9H18N2O/c10-9(6-11-3-1-4-11)8-2-5-12-7-8/h8-9H,1-7,10H2. The monoisotopic (exact) mass is 170 g/mol. The van der Waals surface area contributed by atoms with E-state index in [1.165, 1.54) is 19.5 Å². The van der Waals surface area contributed by atoms with E-state index in [2.05, 4.69) is 4.90 Å². The van der Waals surface area contributed by atoms with Gasteiger partial charge in [0.05, 0.1) is 6.61 Å². The fraction of sp³-hybridized carbons (Fsp3) is 1.00. The van der Waals surface area contributed by atoms with Crippen molar-refractivity contribution in [2.24, 2.45) is 11.7 Å². The molecule has 2 N–H and O–H groups in total. The highest BCUT2D eigenvalue weighted by Crippen LogP contribution is 2.17. The molecular formula is C9H18N2O. The van der Waals surface area contributed by atoms with Gasteiger partial charge in [-0.2, -0.15) is 0 Å². The highest BCUT2D eigenvalue weighted by Gasteiger charge is 2.25. The lowest BCUT2D eigenvalue weighted by Crippen LogP contribution is -2.47. The maximum atomic E-state index is 6.07. The third-order valence-corrected chi connectivity index (χ3v) is 2.99. The van der Waals surface area contributed by atoms with Crippen molar-refractivity contribution in [1.29, 1.82) is 0 Å². The van der Waals surface area contributed by atoms with Gasteiger partial charge in [0.1, 0.15) is 0 Å². The molecule has 0 spiro atoms. The zero-order valence-corrected chi connectivity index (χ0v) is 7.54. The average molecular weight is 170 g/mol. The summed E-state index contributed by atoms with van der Waals surface area (Å²) in [5.41, 5.74) is 6.07. The van der Waals surface area contributed by atoms with Crippen molar-refractivity contribution in [1.82, 2.24) is 4.90 Å². The Morgan fingerprint density at radius 3 is 2.83 bits per heavy atom. The molecule has 70 valence electrons. The van der Waals surface area contributed by atoms with Gasteiger partial charge < -0.3 is 15.4 Å². The van der Waals surface area contributed by atoms with Crippen molar-refractivity contribution in [3.63, 3.8) is 0 Å². The Morgan fingerprint density at radius 2 is 2.33 bits per heavy atom. The predicted molar refractivity (Wildman–Crippen MR) is 48.0 cm³/mol. The molecule has 0 aliphatic carbocycles. The largest absolute Gasteiger partial charge is 0.381 e. The van der Waals surface area contributed by atoms with Crippen LogP contribution in [0.3, 0.4) is 0 Å². The second kappa shape index (κ2) is 3.73. The van der Waals surface area contributed by atoms with Gasteiger partial charge >= 0.3 is 0 Å². The maximum Gasteiger partial charge on any atom is 0.0510 e. The molecule has 2 heterocycles. The number of likely N-dealkylation sites (tertiary alicyclic amines) is 1. The Bertz CT molecular complexity index is 141. The molecule has 2 unspecified atom stereocenters. The number of nitrogens with zero attached hydrogens (tertiary/aromatic N) is 1. The first kappa shape index (κ1) is 8.48. The third-order valence-electron chi connectivity index (χ3n) is 2.99. The number of hydrogen-bond acceptors (Lipinski definition) is 3. The summed E-state index contributed by atoms with van der Waals surface area (Å²) in [4.78, 5) is 2.43. The molecule has 2 fully saturated rings. The molecule has 2 rings (SSSR count). The maximum absolute atomic E-state index is 6.07. The van der Waals surface area contributed by atoms with E-state index in [0.717, 1.165) is 26.2 Å². The Kier molecular flexibility index (Phi) is 2.63. The van der Waals surface area contributed by atoms with E-state index < -0.39 is 0 Å². The number of rotatable bonds is 3. The summed E-state index contributed by atoms with van der Waals surface area (Å²) in [5, 5.41) is 0. The minimum atomic E-state index is 0.341. The first-order chi connectivity index (χ1) is 5.86. The minimum absolute atomic E-state index is 0.341. The molecule has 0 aromatic carbocycles. The summed E-state index contributed by atoms with van der Waals surface area (Å²) >= 11 is 0. The normalized spacial score (nSPS) is 33.2. The molecule has 2 aliphatic rings. The van der Waals surface area contributed by atoms with Crippen LogP contribution in [0.25, 0.3) is 0 Å². The number of nitrogens with two attached hydrogens (primary N) is 1. The lowest BCUT2D eigenvalue weighted by Gasteiger charge is -2.34. The molecule has 0 radical (unpaired) electrons. The summed E-state index contributed by atoms with van der Waals surface area (Å²) in [6.45, 7) is 5.38. The molecule has 2 saturated heterocycles. The highest BCUT2D eigenvalue weighted by molar-refractivity contribution is 4.81. The Labute approximate surface area is 73.9 Å². The van der Waals surface area contributed by atoms with Gasteiger partial charge in [-0.3, -0.25) is 0 Å². The van der Waals surface area contributed by atoms with Gasteiger partial charge in [-0.05, 0) is 25.9 Å². The van der Waals surface area contributed by atoms with Crippen molar-refractivity contribution in [2.75, 3.05) is 32.8 Å². The van der Waals surface area contributed by atoms with Crippen LogP contribution in [0.4, 0.5) is 0 Å². The first-order valence-corrected chi connectivity index (χ1v) is 4.92. The third kappa shape index (κ3) is 1.79. The second-order valence-electron chi connectivity index (χ2n) is 3.94. The van der Waals surface area contributed by atoms with Crippen molar-refractivity contribution in [2.45, 2.75) is 18.9 Å². The molecule has 12 heavy (non-hydrogen) atoms. The first-order valence-electron chi connectivity index (χ1n) is 4.92. The number of ether oxygens (including phenoxy) is 1. The van der Waals surface area contributed by atoms with Crippen LogP contribution in [0, 0.1) is 5.92 Å². The molecule has 0 amide bonds. The van der Waals surface area contributed by atoms with Crippen LogP contribution >= 0.6 is 0 Å². The van der Waals surface area contributed by atoms with E-state index in [1.54, 1.807) is 0 Å². The lowest BCUT2D eigenvalue weighted by molar-refractivity contribution is 0.141. The summed E-state index contributed by atoms with van der Waals surface area (Å²) < 4.78 is 5.31. The number of hydrogen-bond donors (Lipinski definition) is 1. The van der Waals surface area contributed by atoms with Crippen molar-refractivity contribution in [3.8, 4) is 0 Å². The van der Waals surface area contributed by atoms with Gasteiger partial charge in [0, 0.05) is 25.1 Å². The van der Waals surface area contributed by atoms with Crippen LogP contribution in [0.1, 0.15) is 12.8 Å². The summed E-state index contributed by atoms with van der Waals surface area (Å²) in [6.07, 6.45) is 2.52. The van der Waals surface area contributed by atoms with Crippen LogP contribution in [-0.2, 0) is 4.74 Å². The lowest BCUT2D eigenvalue weighted by atomic mass is 9.98. The van der Waals surface area contributed by atoms with Gasteiger partial charge in [-0.25, -0.2) is 0 Å². The molecular weight excluding hydrogens is 152 g/mol. The van der Waals surface area contributed by atoms with Gasteiger partial charge in [0.2, 0.25) is 0 Å². The zero-order chi connectivity index (χ0) is 8.39. The van der Waals surface area contributed by atoms with E-state index in [0.29, 0.717) is 12.0 Å². The van der Waals surface area contributed by atoms with Gasteiger partial charge in [-0.15, -0.1) is 0 Å². The Morgan fingerprint density at radius 1 is 1.50 bits per heavy atom. The SMILES string of the molecule is NC(CN1CCC1)C1CCOC1. The van der Waals surface area contributed by atoms with E-state index >= 15 is 0 Å². The molecule has 0 aromatic heterocycles. The van der Waals surface area contributed by atoms with Gasteiger partial charge in [-0.1, -0.05) is 0 Å². The molecule has 0 saturated carbocycles. The molecule has 0 aromatic rings.